The second-order valence-corrected chi connectivity index (χ2v) is 8.03. The molecule has 1 amide bonds. The number of aryl methyl sites for hydroxylation is 1. The van der Waals surface area contributed by atoms with Crippen LogP contribution in [0.1, 0.15) is 17.5 Å². The SMILES string of the molecule is CSCCC(NC(=O)/C(C#N)=C\N1CCN(c2cccc(C)c2C)CC1)C(=O)O.Cl. The average molecular weight is 453 g/mol. The number of rotatable bonds is 8. The van der Waals surface area contributed by atoms with Gasteiger partial charge in [0.25, 0.3) is 5.91 Å². The van der Waals surface area contributed by atoms with Crippen LogP contribution in [-0.2, 0) is 9.59 Å². The van der Waals surface area contributed by atoms with E-state index < -0.39 is 17.9 Å². The summed E-state index contributed by atoms with van der Waals surface area (Å²) in [7, 11) is 0. The van der Waals surface area contributed by atoms with Gasteiger partial charge < -0.3 is 20.2 Å². The standard InChI is InChI=1S/C21H28N4O3S.ClH/c1-15-5-4-6-19(16(15)2)25-10-8-24(9-11-25)14-17(13-22)20(26)23-18(21(27)28)7-12-29-3;/h4-6,14,18H,7-12H2,1-3H3,(H,23,26)(H,27,28);1H/b17-14-;. The van der Waals surface area contributed by atoms with Crippen LogP contribution in [0.3, 0.4) is 0 Å². The molecule has 1 aliphatic rings. The van der Waals surface area contributed by atoms with Gasteiger partial charge in [-0.2, -0.15) is 17.0 Å². The van der Waals surface area contributed by atoms with Crippen LogP contribution >= 0.6 is 24.2 Å². The van der Waals surface area contributed by atoms with E-state index in [-0.39, 0.29) is 18.0 Å². The Hall–Kier alpha value is -2.37. The van der Waals surface area contributed by atoms with Crippen LogP contribution in [-0.4, -0.2) is 66.1 Å². The Labute approximate surface area is 188 Å². The zero-order chi connectivity index (χ0) is 21.4. The number of carboxylic acid groups (broad SMARTS) is 1. The maximum atomic E-state index is 12.4. The summed E-state index contributed by atoms with van der Waals surface area (Å²) >= 11 is 1.51. The molecule has 1 atom stereocenters. The largest absolute Gasteiger partial charge is 0.480 e. The summed E-state index contributed by atoms with van der Waals surface area (Å²) in [6.45, 7) is 7.14. The molecule has 2 N–H and O–H groups in total. The lowest BCUT2D eigenvalue weighted by Crippen LogP contribution is -2.45. The van der Waals surface area contributed by atoms with E-state index in [1.807, 2.05) is 17.2 Å². The van der Waals surface area contributed by atoms with Crippen LogP contribution in [0.25, 0.3) is 0 Å². The lowest BCUT2D eigenvalue weighted by molar-refractivity contribution is -0.141. The zero-order valence-corrected chi connectivity index (χ0v) is 19.2. The number of halogens is 1. The van der Waals surface area contributed by atoms with Crippen LogP contribution in [0.5, 0.6) is 0 Å². The summed E-state index contributed by atoms with van der Waals surface area (Å²) in [6, 6.07) is 7.18. The second kappa shape index (κ2) is 12.4. The summed E-state index contributed by atoms with van der Waals surface area (Å²) < 4.78 is 0. The Morgan fingerprint density at radius 2 is 1.97 bits per heavy atom. The van der Waals surface area contributed by atoms with E-state index in [1.54, 1.807) is 6.20 Å². The quantitative estimate of drug-likeness (QED) is 0.462. The molecule has 0 bridgehead atoms. The van der Waals surface area contributed by atoms with Crippen LogP contribution in [0, 0.1) is 25.2 Å². The van der Waals surface area contributed by atoms with E-state index in [0.29, 0.717) is 25.3 Å². The van der Waals surface area contributed by atoms with Crippen molar-refractivity contribution in [3.05, 3.63) is 41.1 Å². The number of thioether (sulfide) groups is 1. The van der Waals surface area contributed by atoms with Gasteiger partial charge in [-0.25, -0.2) is 4.79 Å². The first-order chi connectivity index (χ1) is 13.9. The monoisotopic (exact) mass is 452 g/mol. The summed E-state index contributed by atoms with van der Waals surface area (Å²) in [5, 5.41) is 21.1. The zero-order valence-electron chi connectivity index (χ0n) is 17.6. The molecule has 0 aromatic heterocycles. The van der Waals surface area contributed by atoms with E-state index in [4.69, 9.17) is 0 Å². The van der Waals surface area contributed by atoms with Gasteiger partial charge in [-0.3, -0.25) is 4.79 Å². The van der Waals surface area contributed by atoms with Crippen molar-refractivity contribution in [3.63, 3.8) is 0 Å². The number of hydrogen-bond acceptors (Lipinski definition) is 6. The number of nitrogens with zero attached hydrogens (tertiary/aromatic N) is 3. The highest BCUT2D eigenvalue weighted by Gasteiger charge is 2.23. The van der Waals surface area contributed by atoms with E-state index >= 15 is 0 Å². The molecule has 0 spiro atoms. The highest BCUT2D eigenvalue weighted by Crippen LogP contribution is 2.24. The fraction of sp³-hybridized carbons (Fsp3) is 0.476. The summed E-state index contributed by atoms with van der Waals surface area (Å²) in [5.74, 6) is -1.12. The summed E-state index contributed by atoms with van der Waals surface area (Å²) in [4.78, 5) is 28.0. The van der Waals surface area contributed by atoms with Crippen molar-refractivity contribution in [3.8, 4) is 6.07 Å². The molecule has 1 aromatic rings. The maximum Gasteiger partial charge on any atom is 0.326 e. The number of carboxylic acids is 1. The predicted octanol–water partition coefficient (Wildman–Crippen LogP) is 2.58. The highest BCUT2D eigenvalue weighted by atomic mass is 35.5. The molecule has 7 nitrogen and oxygen atoms in total. The van der Waals surface area contributed by atoms with Crippen molar-refractivity contribution >= 4 is 41.7 Å². The van der Waals surface area contributed by atoms with Gasteiger partial charge in [0.2, 0.25) is 0 Å². The van der Waals surface area contributed by atoms with Gasteiger partial charge in [0.05, 0.1) is 0 Å². The molecular weight excluding hydrogens is 424 g/mol. The Bertz CT molecular complexity index is 817. The number of anilines is 1. The first-order valence-corrected chi connectivity index (χ1v) is 11.0. The molecular formula is C21H29ClN4O3S. The Morgan fingerprint density at radius 1 is 1.30 bits per heavy atom. The molecule has 2 rings (SSSR count). The van der Waals surface area contributed by atoms with Gasteiger partial charge in [0, 0.05) is 38.1 Å². The number of nitriles is 1. The van der Waals surface area contributed by atoms with E-state index in [1.165, 1.54) is 28.6 Å². The number of piperazine rings is 1. The van der Waals surface area contributed by atoms with Crippen molar-refractivity contribution < 1.29 is 14.7 Å². The molecule has 30 heavy (non-hydrogen) atoms. The number of carbonyl (C=O) groups is 2. The van der Waals surface area contributed by atoms with Gasteiger partial charge in [-0.1, -0.05) is 12.1 Å². The predicted molar refractivity (Wildman–Crippen MR) is 123 cm³/mol. The summed E-state index contributed by atoms with van der Waals surface area (Å²) in [6.07, 6.45) is 3.73. The van der Waals surface area contributed by atoms with Crippen molar-refractivity contribution in [2.24, 2.45) is 0 Å². The third kappa shape index (κ3) is 6.85. The minimum Gasteiger partial charge on any atom is -0.480 e. The Morgan fingerprint density at radius 3 is 2.53 bits per heavy atom. The van der Waals surface area contributed by atoms with Crippen molar-refractivity contribution in [2.45, 2.75) is 26.3 Å². The van der Waals surface area contributed by atoms with Crippen molar-refractivity contribution in [1.82, 2.24) is 10.2 Å². The molecule has 1 saturated heterocycles. The van der Waals surface area contributed by atoms with Crippen LogP contribution < -0.4 is 10.2 Å². The fourth-order valence-corrected chi connectivity index (χ4v) is 3.69. The molecule has 0 aliphatic carbocycles. The lowest BCUT2D eigenvalue weighted by Gasteiger charge is -2.36. The molecule has 9 heteroatoms. The second-order valence-electron chi connectivity index (χ2n) is 7.04. The average Bonchev–Trinajstić information content (AvgIpc) is 2.71. The molecule has 164 valence electrons. The van der Waals surface area contributed by atoms with Gasteiger partial charge >= 0.3 is 5.97 Å². The first kappa shape index (κ1) is 25.7. The molecule has 1 unspecified atom stereocenters. The Balaban J connectivity index is 0.00000450. The van der Waals surface area contributed by atoms with Gasteiger partial charge in [-0.05, 0) is 49.5 Å². The molecule has 1 aromatic carbocycles. The molecule has 1 aliphatic heterocycles. The smallest absolute Gasteiger partial charge is 0.326 e. The number of aliphatic carboxylic acids is 1. The maximum absolute atomic E-state index is 12.4. The minimum atomic E-state index is -1.09. The highest BCUT2D eigenvalue weighted by molar-refractivity contribution is 7.98. The van der Waals surface area contributed by atoms with Crippen LogP contribution in [0.15, 0.2) is 30.0 Å². The third-order valence-electron chi connectivity index (χ3n) is 5.12. The minimum absolute atomic E-state index is 0. The first-order valence-electron chi connectivity index (χ1n) is 9.57. The molecule has 1 heterocycles. The number of hydrogen-bond donors (Lipinski definition) is 2. The number of carbonyl (C=O) groups excluding carboxylic acids is 1. The molecule has 0 radical (unpaired) electrons. The van der Waals surface area contributed by atoms with Gasteiger partial charge in [-0.15, -0.1) is 12.4 Å². The number of nitrogens with one attached hydrogen (secondary N) is 1. The van der Waals surface area contributed by atoms with E-state index in [2.05, 4.69) is 42.3 Å². The van der Waals surface area contributed by atoms with E-state index in [9.17, 15) is 20.0 Å². The summed E-state index contributed by atoms with van der Waals surface area (Å²) in [5.41, 5.74) is 3.66. The van der Waals surface area contributed by atoms with Crippen molar-refractivity contribution in [2.75, 3.05) is 43.1 Å². The van der Waals surface area contributed by atoms with Crippen LogP contribution in [0.4, 0.5) is 5.69 Å². The van der Waals surface area contributed by atoms with Crippen molar-refractivity contribution in [1.29, 1.82) is 5.26 Å². The number of amides is 1. The topological polar surface area (TPSA) is 96.7 Å². The lowest BCUT2D eigenvalue weighted by atomic mass is 10.1. The van der Waals surface area contributed by atoms with Gasteiger partial charge in [0.1, 0.15) is 17.7 Å². The van der Waals surface area contributed by atoms with Crippen LogP contribution in [0.2, 0.25) is 0 Å². The Kier molecular flexibility index (Phi) is 10.6. The molecule has 1 fully saturated rings. The van der Waals surface area contributed by atoms with E-state index in [0.717, 1.165) is 13.1 Å². The fourth-order valence-electron chi connectivity index (χ4n) is 3.22. The normalized spacial score (nSPS) is 15.1. The van der Waals surface area contributed by atoms with Gasteiger partial charge in [0.15, 0.2) is 0 Å². The molecule has 0 saturated carbocycles. The number of benzene rings is 1. The third-order valence-corrected chi connectivity index (χ3v) is 5.77.